The molecule has 4 aliphatic rings. The van der Waals surface area contributed by atoms with Gasteiger partial charge in [0.1, 0.15) is 6.04 Å². The van der Waals surface area contributed by atoms with Crippen molar-refractivity contribution in [3.8, 4) is 0 Å². The molecular weight excluding hydrogens is 606 g/mol. The van der Waals surface area contributed by atoms with Crippen molar-refractivity contribution in [3.63, 3.8) is 0 Å². The molecule has 0 aromatic heterocycles. The molecule has 45 heavy (non-hydrogen) atoms. The third-order valence-corrected chi connectivity index (χ3v) is 11.7. The van der Waals surface area contributed by atoms with Gasteiger partial charge in [0.2, 0.25) is 11.8 Å². The zero-order chi connectivity index (χ0) is 31.3. The first-order valence-electron chi connectivity index (χ1n) is 15.2. The van der Waals surface area contributed by atoms with Crippen LogP contribution in [-0.2, 0) is 20.8 Å². The van der Waals surface area contributed by atoms with E-state index in [9.17, 15) is 19.5 Å². The van der Waals surface area contributed by atoms with Gasteiger partial charge in [0.25, 0.3) is 5.91 Å². The summed E-state index contributed by atoms with van der Waals surface area (Å²) in [7, 11) is 0. The van der Waals surface area contributed by atoms with E-state index in [1.165, 1.54) is 11.8 Å². The number of aliphatic hydroxyl groups excluding tert-OH is 1. The monoisotopic (exact) mass is 639 g/mol. The molecule has 7 nitrogen and oxygen atoms in total. The van der Waals surface area contributed by atoms with Crippen LogP contribution in [-0.4, -0.2) is 69.0 Å². The number of benzene rings is 3. The van der Waals surface area contributed by atoms with Gasteiger partial charge in [-0.05, 0) is 55.3 Å². The molecule has 3 aromatic carbocycles. The highest BCUT2D eigenvalue weighted by Gasteiger charge is 2.74. The summed E-state index contributed by atoms with van der Waals surface area (Å²) in [6, 6.07) is 24.7. The standard InChI is InChI=1S/C36H34ClN3O4S/c1-35-18-8-20-38(26-12-6-3-7-13-26)32(42)29(35)30-33(43)40(28(23-41)22-24-10-4-2-5-11-24)31-34(44)39(21-9-19-36(30,31)45-35)27-16-14-25(37)15-17-27/h2-19,28-31,41H,20-23H2,1H3/t28-,29-,30+,31?,35+,36+/m1/s1. The van der Waals surface area contributed by atoms with Crippen LogP contribution in [0.1, 0.15) is 12.5 Å². The predicted octanol–water partition coefficient (Wildman–Crippen LogP) is 5.14. The first-order valence-corrected chi connectivity index (χ1v) is 16.4. The highest BCUT2D eigenvalue weighted by Crippen LogP contribution is 2.66. The number of likely N-dealkylation sites (tertiary alicyclic amines) is 1. The SMILES string of the molecule is C[C@]12C=CCN(c3ccccc3)C(=O)[C@H]1[C@H]1C(=O)N([C@@H](CO)Cc3ccccc3)C3C(=O)N(c4ccc(Cl)cc4)CC=C[C@@]31S2. The second-order valence-electron chi connectivity index (χ2n) is 12.3. The number of fused-ring (bicyclic) bond motifs is 2. The maximum Gasteiger partial charge on any atom is 0.251 e. The van der Waals surface area contributed by atoms with Crippen LogP contribution in [0, 0.1) is 11.8 Å². The summed E-state index contributed by atoms with van der Waals surface area (Å²) < 4.78 is -1.77. The van der Waals surface area contributed by atoms with Gasteiger partial charge >= 0.3 is 0 Å². The number of amides is 3. The highest BCUT2D eigenvalue weighted by molar-refractivity contribution is 8.02. The van der Waals surface area contributed by atoms with Crippen LogP contribution in [0.4, 0.5) is 11.4 Å². The van der Waals surface area contributed by atoms with Crippen LogP contribution >= 0.6 is 23.4 Å². The number of aliphatic hydroxyl groups is 1. The average Bonchev–Trinajstić information content (AvgIpc) is 3.32. The van der Waals surface area contributed by atoms with Crippen molar-refractivity contribution >= 4 is 52.5 Å². The van der Waals surface area contributed by atoms with E-state index in [2.05, 4.69) is 6.08 Å². The predicted molar refractivity (Wildman–Crippen MR) is 178 cm³/mol. The number of rotatable bonds is 6. The summed E-state index contributed by atoms with van der Waals surface area (Å²) >= 11 is 7.72. The van der Waals surface area contributed by atoms with Crippen molar-refractivity contribution in [3.05, 3.63) is 120 Å². The molecule has 0 bridgehead atoms. The molecule has 230 valence electrons. The fraction of sp³-hybridized carbons (Fsp3) is 0.306. The molecule has 0 radical (unpaired) electrons. The lowest BCUT2D eigenvalue weighted by molar-refractivity contribution is -0.142. The molecule has 0 saturated carbocycles. The first kappa shape index (κ1) is 29.8. The number of anilines is 2. The average molecular weight is 640 g/mol. The second kappa shape index (κ2) is 11.5. The van der Waals surface area contributed by atoms with E-state index >= 15 is 0 Å². The lowest BCUT2D eigenvalue weighted by atomic mass is 9.74. The maximum atomic E-state index is 15.0. The smallest absolute Gasteiger partial charge is 0.251 e. The molecule has 9 heteroatoms. The summed E-state index contributed by atoms with van der Waals surface area (Å²) in [6.07, 6.45) is 8.38. The Balaban J connectivity index is 1.37. The van der Waals surface area contributed by atoms with Gasteiger partial charge in [0.15, 0.2) is 0 Å². The Kier molecular flexibility index (Phi) is 7.63. The number of nitrogens with zero attached hydrogens (tertiary/aromatic N) is 3. The number of thioether (sulfide) groups is 1. The summed E-state index contributed by atoms with van der Waals surface area (Å²) in [5, 5.41) is 11.4. The van der Waals surface area contributed by atoms with Crippen LogP contribution in [0.25, 0.3) is 0 Å². The summed E-state index contributed by atoms with van der Waals surface area (Å²) in [5.74, 6) is -2.19. The van der Waals surface area contributed by atoms with Gasteiger partial charge < -0.3 is 19.8 Å². The van der Waals surface area contributed by atoms with E-state index < -0.39 is 33.4 Å². The molecule has 0 aliphatic carbocycles. The molecule has 3 aromatic rings. The van der Waals surface area contributed by atoms with Crippen molar-refractivity contribution in [2.24, 2.45) is 11.8 Å². The van der Waals surface area contributed by atoms with Crippen LogP contribution in [0.2, 0.25) is 5.02 Å². The molecule has 4 aliphatic heterocycles. The molecule has 3 amide bonds. The van der Waals surface area contributed by atoms with E-state index in [-0.39, 0.29) is 24.3 Å². The van der Waals surface area contributed by atoms with Gasteiger partial charge in [-0.3, -0.25) is 14.4 Å². The van der Waals surface area contributed by atoms with E-state index in [0.717, 1.165) is 11.3 Å². The summed E-state index contributed by atoms with van der Waals surface area (Å²) in [6.45, 7) is 2.38. The number of hydrogen-bond donors (Lipinski definition) is 1. The largest absolute Gasteiger partial charge is 0.394 e. The minimum Gasteiger partial charge on any atom is -0.394 e. The molecule has 6 atom stereocenters. The Morgan fingerprint density at radius 2 is 1.40 bits per heavy atom. The lowest BCUT2D eigenvalue weighted by Gasteiger charge is -2.39. The number of carbonyl (C=O) groups is 3. The number of hydrogen-bond acceptors (Lipinski definition) is 5. The van der Waals surface area contributed by atoms with E-state index in [1.54, 1.807) is 39.0 Å². The lowest BCUT2D eigenvalue weighted by Crippen LogP contribution is -2.57. The summed E-state index contributed by atoms with van der Waals surface area (Å²) in [4.78, 5) is 49.5. The zero-order valence-corrected chi connectivity index (χ0v) is 26.4. The Labute approximate surface area is 272 Å². The quantitative estimate of drug-likeness (QED) is 0.378. The third kappa shape index (κ3) is 4.82. The minimum absolute atomic E-state index is 0.139. The Hall–Kier alpha value is -3.85. The fourth-order valence-corrected chi connectivity index (χ4v) is 9.95. The van der Waals surface area contributed by atoms with Gasteiger partial charge in [0, 0.05) is 34.2 Å². The zero-order valence-electron chi connectivity index (χ0n) is 24.8. The summed E-state index contributed by atoms with van der Waals surface area (Å²) in [5.41, 5.74) is 2.38. The molecular formula is C36H34ClN3O4S. The van der Waals surface area contributed by atoms with Crippen molar-refractivity contribution in [1.29, 1.82) is 0 Å². The molecule has 4 heterocycles. The van der Waals surface area contributed by atoms with Gasteiger partial charge in [-0.25, -0.2) is 0 Å². The molecule has 1 N–H and O–H groups in total. The number of para-hydroxylation sites is 1. The van der Waals surface area contributed by atoms with Crippen molar-refractivity contribution in [2.45, 2.75) is 34.9 Å². The van der Waals surface area contributed by atoms with Crippen molar-refractivity contribution in [2.75, 3.05) is 29.5 Å². The Morgan fingerprint density at radius 1 is 0.800 bits per heavy atom. The van der Waals surface area contributed by atoms with Crippen LogP contribution in [0.3, 0.4) is 0 Å². The van der Waals surface area contributed by atoms with E-state index in [4.69, 9.17) is 11.6 Å². The minimum atomic E-state index is -1.03. The first-order chi connectivity index (χ1) is 21.8. The number of carbonyl (C=O) groups excluding carboxylic acids is 3. The molecule has 7 rings (SSSR count). The van der Waals surface area contributed by atoms with Gasteiger partial charge in [0.05, 0.1) is 29.2 Å². The van der Waals surface area contributed by atoms with Crippen LogP contribution in [0.15, 0.2) is 109 Å². The number of halogens is 1. The maximum absolute atomic E-state index is 15.0. The van der Waals surface area contributed by atoms with Gasteiger partial charge in [-0.2, -0.15) is 0 Å². The van der Waals surface area contributed by atoms with Gasteiger partial charge in [-0.1, -0.05) is 84.4 Å². The van der Waals surface area contributed by atoms with E-state index in [1.807, 2.05) is 85.8 Å². The van der Waals surface area contributed by atoms with Crippen molar-refractivity contribution < 1.29 is 19.5 Å². The molecule has 1 spiro atoms. The normalized spacial score (nSPS) is 29.7. The Bertz CT molecular complexity index is 1680. The molecule has 2 saturated heterocycles. The van der Waals surface area contributed by atoms with Crippen molar-refractivity contribution in [1.82, 2.24) is 4.90 Å². The third-order valence-electron chi connectivity index (χ3n) is 9.62. The Morgan fingerprint density at radius 3 is 2.07 bits per heavy atom. The van der Waals surface area contributed by atoms with E-state index in [0.29, 0.717) is 30.2 Å². The molecule has 1 unspecified atom stereocenters. The topological polar surface area (TPSA) is 81.2 Å². The van der Waals surface area contributed by atoms with Crippen LogP contribution in [0.5, 0.6) is 0 Å². The fourth-order valence-electron chi connectivity index (χ4n) is 7.68. The highest BCUT2D eigenvalue weighted by atomic mass is 35.5. The van der Waals surface area contributed by atoms with Crippen LogP contribution < -0.4 is 9.80 Å². The molecule has 2 fully saturated rings. The second-order valence-corrected chi connectivity index (χ2v) is 14.5. The van der Waals surface area contributed by atoms with Gasteiger partial charge in [-0.15, -0.1) is 11.8 Å².